The molecule has 0 radical (unpaired) electrons. The normalized spacial score (nSPS) is 35.2. The highest BCUT2D eigenvalue weighted by atomic mass is 35.5. The van der Waals surface area contributed by atoms with Crippen LogP contribution in [0.1, 0.15) is 25.8 Å². The molecule has 0 bridgehead atoms. The molecule has 2 saturated heterocycles. The van der Waals surface area contributed by atoms with Crippen molar-refractivity contribution >= 4 is 17.4 Å². The Kier molecular flexibility index (Phi) is 4.92. The first-order valence-electron chi connectivity index (χ1n) is 9.60. The quantitative estimate of drug-likeness (QED) is 0.511. The summed E-state index contributed by atoms with van der Waals surface area (Å²) >= 11 is 6.34. The first-order valence-corrected chi connectivity index (χ1v) is 9.98. The molecule has 3 heterocycles. The van der Waals surface area contributed by atoms with Crippen molar-refractivity contribution in [2.24, 2.45) is 21.9 Å². The van der Waals surface area contributed by atoms with Gasteiger partial charge in [-0.2, -0.15) is 0 Å². The Balaban J connectivity index is 1.84. The second-order valence-corrected chi connectivity index (χ2v) is 8.78. The molecular formula is C20H28ClN5O2. The lowest BCUT2D eigenvalue weighted by atomic mass is 9.72. The van der Waals surface area contributed by atoms with Gasteiger partial charge in [0.15, 0.2) is 5.72 Å². The second-order valence-electron chi connectivity index (χ2n) is 8.20. The molecule has 3 aliphatic rings. The van der Waals surface area contributed by atoms with Gasteiger partial charge in [0, 0.05) is 23.2 Å². The average Bonchev–Trinajstić information content (AvgIpc) is 2.79. The van der Waals surface area contributed by atoms with Gasteiger partial charge in [-0.25, -0.2) is 4.99 Å². The van der Waals surface area contributed by atoms with E-state index in [1.54, 1.807) is 0 Å². The second kappa shape index (κ2) is 7.00. The summed E-state index contributed by atoms with van der Waals surface area (Å²) in [5.41, 5.74) is 13.7. The zero-order valence-electron chi connectivity index (χ0n) is 16.3. The smallest absolute Gasteiger partial charge is 0.264 e. The third-order valence-electron chi connectivity index (χ3n) is 5.64. The molecule has 1 aromatic carbocycles. The van der Waals surface area contributed by atoms with Crippen LogP contribution in [0.3, 0.4) is 0 Å². The number of ether oxygens (including phenoxy) is 2. The van der Waals surface area contributed by atoms with Crippen molar-refractivity contribution in [2.45, 2.75) is 37.3 Å². The number of rotatable bonds is 2. The SMILES string of the molecule is CC1=CC(N2CCCOC(N)(c3ccccc3)C2C2(C)COC2)=NC(N)(Cl)N1. The van der Waals surface area contributed by atoms with Crippen molar-refractivity contribution in [3.63, 3.8) is 0 Å². The van der Waals surface area contributed by atoms with Crippen LogP contribution in [-0.4, -0.2) is 48.4 Å². The molecule has 0 aromatic heterocycles. The van der Waals surface area contributed by atoms with E-state index >= 15 is 0 Å². The highest BCUT2D eigenvalue weighted by Crippen LogP contribution is 2.45. The molecule has 3 unspecified atom stereocenters. The number of hydrogen-bond donors (Lipinski definition) is 3. The summed E-state index contributed by atoms with van der Waals surface area (Å²) in [5, 5.41) is 1.60. The van der Waals surface area contributed by atoms with E-state index in [-0.39, 0.29) is 11.5 Å². The van der Waals surface area contributed by atoms with Crippen LogP contribution in [0.4, 0.5) is 0 Å². The topological polar surface area (TPSA) is 98.1 Å². The first kappa shape index (κ1) is 19.7. The van der Waals surface area contributed by atoms with Crippen LogP contribution in [0, 0.1) is 5.41 Å². The third-order valence-corrected chi connectivity index (χ3v) is 5.82. The summed E-state index contributed by atoms with van der Waals surface area (Å²) in [7, 11) is 0. The molecule has 28 heavy (non-hydrogen) atoms. The fourth-order valence-electron chi connectivity index (χ4n) is 4.46. The van der Waals surface area contributed by atoms with E-state index in [2.05, 4.69) is 22.1 Å². The van der Waals surface area contributed by atoms with Crippen LogP contribution in [0.25, 0.3) is 0 Å². The predicted octanol–water partition coefficient (Wildman–Crippen LogP) is 1.64. The molecule has 5 N–H and O–H groups in total. The number of benzene rings is 1. The first-order chi connectivity index (χ1) is 13.2. The highest BCUT2D eigenvalue weighted by molar-refractivity contribution is 6.24. The molecule has 152 valence electrons. The molecule has 3 atom stereocenters. The van der Waals surface area contributed by atoms with Gasteiger partial charge >= 0.3 is 0 Å². The lowest BCUT2D eigenvalue weighted by Crippen LogP contribution is -2.69. The zero-order chi connectivity index (χ0) is 20.0. The molecule has 0 saturated carbocycles. The van der Waals surface area contributed by atoms with E-state index in [1.165, 1.54) is 0 Å². The Morgan fingerprint density at radius 2 is 1.96 bits per heavy atom. The highest BCUT2D eigenvalue weighted by Gasteiger charge is 2.56. The van der Waals surface area contributed by atoms with Gasteiger partial charge in [0.05, 0.1) is 25.9 Å². The van der Waals surface area contributed by atoms with Gasteiger partial charge in [-0.3, -0.25) is 11.5 Å². The number of nitrogens with two attached hydrogens (primary N) is 2. The van der Waals surface area contributed by atoms with Gasteiger partial charge < -0.3 is 19.7 Å². The van der Waals surface area contributed by atoms with E-state index in [0.29, 0.717) is 25.7 Å². The molecule has 2 fully saturated rings. The van der Waals surface area contributed by atoms with Crippen LogP contribution in [-0.2, 0) is 15.2 Å². The summed E-state index contributed by atoms with van der Waals surface area (Å²) < 4.78 is 11.9. The van der Waals surface area contributed by atoms with Crippen molar-refractivity contribution in [2.75, 3.05) is 26.4 Å². The van der Waals surface area contributed by atoms with E-state index in [4.69, 9.17) is 32.5 Å². The number of nitrogens with one attached hydrogen (secondary N) is 1. The Hall–Kier alpha value is -1.64. The summed E-state index contributed by atoms with van der Waals surface area (Å²) in [5.74, 6) is 0.711. The number of allylic oxidation sites excluding steroid dienone is 1. The number of halogens is 1. The number of amidine groups is 1. The van der Waals surface area contributed by atoms with E-state index in [9.17, 15) is 0 Å². The molecule has 4 rings (SSSR count). The molecular weight excluding hydrogens is 378 g/mol. The van der Waals surface area contributed by atoms with Crippen LogP contribution in [0.5, 0.6) is 0 Å². The monoisotopic (exact) mass is 405 g/mol. The zero-order valence-corrected chi connectivity index (χ0v) is 17.1. The Morgan fingerprint density at radius 3 is 2.57 bits per heavy atom. The van der Waals surface area contributed by atoms with Gasteiger partial charge in [-0.15, -0.1) is 0 Å². The third kappa shape index (κ3) is 3.42. The molecule has 7 nitrogen and oxygen atoms in total. The van der Waals surface area contributed by atoms with Crippen LogP contribution in [0.15, 0.2) is 47.1 Å². The molecule has 0 spiro atoms. The van der Waals surface area contributed by atoms with Crippen molar-refractivity contribution in [1.29, 1.82) is 0 Å². The summed E-state index contributed by atoms with van der Waals surface area (Å²) in [6.07, 6.45) is 2.78. The van der Waals surface area contributed by atoms with Crippen LogP contribution < -0.4 is 16.8 Å². The van der Waals surface area contributed by atoms with Gasteiger partial charge in [-0.1, -0.05) is 48.9 Å². The summed E-state index contributed by atoms with van der Waals surface area (Å²) in [6.45, 7) is 6.60. The van der Waals surface area contributed by atoms with Gasteiger partial charge in [0.25, 0.3) is 5.25 Å². The average molecular weight is 406 g/mol. The lowest BCUT2D eigenvalue weighted by Gasteiger charge is -2.55. The van der Waals surface area contributed by atoms with Crippen molar-refractivity contribution in [3.05, 3.63) is 47.7 Å². The van der Waals surface area contributed by atoms with Gasteiger partial charge in [0.2, 0.25) is 0 Å². The molecule has 8 heteroatoms. The number of alkyl halides is 1. The Morgan fingerprint density at radius 1 is 1.25 bits per heavy atom. The van der Waals surface area contributed by atoms with Gasteiger partial charge in [0.1, 0.15) is 5.84 Å². The standard InChI is InChI=1S/C20H28ClN5O2/c1-14-11-16(25-20(21,23)24-14)26-9-6-10-28-19(22,15-7-4-3-5-8-15)17(26)18(2)12-27-13-18/h3-5,7-8,11,17,24H,6,9-10,12-13,22-23H2,1-2H3. The summed E-state index contributed by atoms with van der Waals surface area (Å²) in [6, 6.07) is 9.76. The minimum Gasteiger partial charge on any atom is -0.380 e. The largest absolute Gasteiger partial charge is 0.380 e. The maximum absolute atomic E-state index is 7.04. The predicted molar refractivity (Wildman–Crippen MR) is 109 cm³/mol. The van der Waals surface area contributed by atoms with Crippen LogP contribution >= 0.6 is 11.6 Å². The molecule has 3 aliphatic heterocycles. The van der Waals surface area contributed by atoms with Crippen molar-refractivity contribution in [1.82, 2.24) is 10.2 Å². The number of hydrogen-bond acceptors (Lipinski definition) is 7. The minimum atomic E-state index is -1.38. The Bertz CT molecular complexity index is 793. The number of nitrogens with zero attached hydrogens (tertiary/aromatic N) is 2. The molecule has 0 amide bonds. The summed E-state index contributed by atoms with van der Waals surface area (Å²) in [4.78, 5) is 6.76. The molecule has 1 aromatic rings. The van der Waals surface area contributed by atoms with E-state index in [0.717, 1.165) is 24.2 Å². The maximum Gasteiger partial charge on any atom is 0.264 e. The molecule has 0 aliphatic carbocycles. The Labute approximate surface area is 170 Å². The lowest BCUT2D eigenvalue weighted by molar-refractivity contribution is -0.193. The van der Waals surface area contributed by atoms with Gasteiger partial charge in [-0.05, 0) is 19.4 Å². The fraction of sp³-hybridized carbons (Fsp3) is 0.550. The number of aliphatic imine (C=N–C) groups is 1. The maximum atomic E-state index is 7.04. The van der Waals surface area contributed by atoms with E-state index < -0.39 is 11.0 Å². The van der Waals surface area contributed by atoms with Crippen molar-refractivity contribution < 1.29 is 9.47 Å². The fourth-order valence-corrected chi connectivity index (χ4v) is 4.69. The minimum absolute atomic E-state index is 0.201. The van der Waals surface area contributed by atoms with Crippen LogP contribution in [0.2, 0.25) is 0 Å². The van der Waals surface area contributed by atoms with Crippen molar-refractivity contribution in [3.8, 4) is 0 Å². The van der Waals surface area contributed by atoms with E-state index in [1.807, 2.05) is 43.3 Å².